The van der Waals surface area contributed by atoms with Crippen LogP contribution in [0.2, 0.25) is 0 Å². The molecule has 5 aromatic carbocycles. The van der Waals surface area contributed by atoms with Gasteiger partial charge in [0, 0.05) is 27.5 Å². The van der Waals surface area contributed by atoms with Gasteiger partial charge in [0.1, 0.15) is 10.8 Å². The fourth-order valence-electron chi connectivity index (χ4n) is 5.89. The summed E-state index contributed by atoms with van der Waals surface area (Å²) < 4.78 is 5.56. The number of aryl methyl sites for hydroxylation is 1. The van der Waals surface area contributed by atoms with Crippen LogP contribution in [0.25, 0.3) is 21.5 Å². The van der Waals surface area contributed by atoms with Crippen LogP contribution in [0.4, 0.5) is 16.4 Å². The zero-order chi connectivity index (χ0) is 28.1. The first-order valence-electron chi connectivity index (χ1n) is 13.6. The largest absolute Gasteiger partial charge is 0.497 e. The first-order valence-corrected chi connectivity index (χ1v) is 14.5. The number of methoxy groups -OCH3 is 1. The van der Waals surface area contributed by atoms with Crippen LogP contribution >= 0.6 is 11.3 Å². The Balaban J connectivity index is 1.28. The first-order chi connectivity index (χ1) is 20.0. The summed E-state index contributed by atoms with van der Waals surface area (Å²) in [7, 11) is 1.67. The minimum Gasteiger partial charge on any atom is -0.497 e. The van der Waals surface area contributed by atoms with Gasteiger partial charge in [0.25, 0.3) is 0 Å². The van der Waals surface area contributed by atoms with E-state index in [4.69, 9.17) is 4.74 Å². The fourth-order valence-corrected chi connectivity index (χ4v) is 6.97. The van der Waals surface area contributed by atoms with E-state index >= 15 is 0 Å². The standard InChI is InChI=1S/C36H27NO3S/c1-22-14-16-33(29-13-6-5-12-28(22)29)37(25-10-7-11-26(20-25)40-2)34-17-15-27(41-34)21-32-35(38)30-18-23-8-3-4-9-24(23)19-31(30)36(32)39/h3-20,32H,21H2,1-2H3. The Morgan fingerprint density at radius 2 is 1.41 bits per heavy atom. The number of carbonyl (C=O) groups is 2. The lowest BCUT2D eigenvalue weighted by molar-refractivity contribution is 0.0839. The number of ketones is 2. The highest BCUT2D eigenvalue weighted by molar-refractivity contribution is 7.16. The Kier molecular flexibility index (Phi) is 6.17. The molecule has 4 nitrogen and oxygen atoms in total. The number of nitrogens with zero attached hydrogens (tertiary/aromatic N) is 1. The molecule has 5 heteroatoms. The minimum absolute atomic E-state index is 0.0834. The smallest absolute Gasteiger partial charge is 0.174 e. The molecule has 0 atom stereocenters. The van der Waals surface area contributed by atoms with Crippen molar-refractivity contribution in [1.82, 2.24) is 0 Å². The molecule has 1 aromatic heterocycles. The molecule has 200 valence electrons. The monoisotopic (exact) mass is 553 g/mol. The van der Waals surface area contributed by atoms with Crippen molar-refractivity contribution < 1.29 is 14.3 Å². The molecule has 1 heterocycles. The van der Waals surface area contributed by atoms with Crippen molar-refractivity contribution in [2.45, 2.75) is 13.3 Å². The summed E-state index contributed by atoms with van der Waals surface area (Å²) in [6.07, 6.45) is 0.383. The number of rotatable bonds is 6. The third-order valence-corrected chi connectivity index (χ3v) is 9.09. The highest BCUT2D eigenvalue weighted by Crippen LogP contribution is 2.44. The van der Waals surface area contributed by atoms with E-state index in [0.717, 1.165) is 43.2 Å². The lowest BCUT2D eigenvalue weighted by Crippen LogP contribution is -2.17. The zero-order valence-electron chi connectivity index (χ0n) is 22.8. The molecular weight excluding hydrogens is 526 g/mol. The Morgan fingerprint density at radius 1 is 0.732 bits per heavy atom. The number of fused-ring (bicyclic) bond motifs is 3. The van der Waals surface area contributed by atoms with Gasteiger partial charge in [0.15, 0.2) is 11.6 Å². The van der Waals surface area contributed by atoms with Crippen molar-refractivity contribution in [1.29, 1.82) is 0 Å². The average Bonchev–Trinajstić information content (AvgIpc) is 3.56. The molecule has 0 saturated heterocycles. The first kappa shape index (κ1) is 25.2. The number of carbonyl (C=O) groups excluding carboxylic acids is 2. The molecule has 0 spiro atoms. The summed E-state index contributed by atoms with van der Waals surface area (Å²) in [4.78, 5) is 30.1. The Hall–Kier alpha value is -4.74. The summed E-state index contributed by atoms with van der Waals surface area (Å²) in [5.41, 5.74) is 4.32. The van der Waals surface area contributed by atoms with Crippen LogP contribution in [0, 0.1) is 12.8 Å². The third-order valence-electron chi connectivity index (χ3n) is 7.99. The maximum atomic E-state index is 13.4. The molecule has 0 radical (unpaired) electrons. The van der Waals surface area contributed by atoms with Crippen molar-refractivity contribution in [3.05, 3.63) is 131 Å². The summed E-state index contributed by atoms with van der Waals surface area (Å²) in [6, 6.07) is 36.5. The van der Waals surface area contributed by atoms with Gasteiger partial charge in [-0.2, -0.15) is 0 Å². The van der Waals surface area contributed by atoms with E-state index in [0.29, 0.717) is 17.5 Å². The Bertz CT molecular complexity index is 1930. The summed E-state index contributed by atoms with van der Waals surface area (Å²) in [6.45, 7) is 2.13. The SMILES string of the molecule is COc1cccc(N(c2ccc(CC3C(=O)c4cc5ccccc5cc4C3=O)s2)c2ccc(C)c3ccccc23)c1. The second-order valence-corrected chi connectivity index (χ2v) is 11.6. The molecule has 0 saturated carbocycles. The molecule has 0 amide bonds. The molecule has 0 fully saturated rings. The lowest BCUT2D eigenvalue weighted by atomic mass is 9.99. The topological polar surface area (TPSA) is 46.6 Å². The quantitative estimate of drug-likeness (QED) is 0.193. The number of thiophene rings is 1. The van der Waals surface area contributed by atoms with Crippen molar-refractivity contribution in [2.75, 3.05) is 12.0 Å². The summed E-state index contributed by atoms with van der Waals surface area (Å²) in [5, 5.41) is 5.30. The average molecular weight is 554 g/mol. The van der Waals surface area contributed by atoms with Crippen LogP contribution in [0.1, 0.15) is 31.2 Å². The third kappa shape index (κ3) is 4.30. The van der Waals surface area contributed by atoms with Gasteiger partial charge in [-0.25, -0.2) is 0 Å². The van der Waals surface area contributed by atoms with Crippen molar-refractivity contribution in [3.8, 4) is 5.75 Å². The highest BCUT2D eigenvalue weighted by atomic mass is 32.1. The Morgan fingerprint density at radius 3 is 2.12 bits per heavy atom. The van der Waals surface area contributed by atoms with E-state index in [9.17, 15) is 9.59 Å². The number of hydrogen-bond donors (Lipinski definition) is 0. The predicted octanol–water partition coefficient (Wildman–Crippen LogP) is 9.08. The van der Waals surface area contributed by atoms with Crippen molar-refractivity contribution in [2.24, 2.45) is 5.92 Å². The molecular formula is C36H27NO3S. The van der Waals surface area contributed by atoms with E-state index in [1.54, 1.807) is 18.4 Å². The molecule has 0 unspecified atom stereocenters. The number of ether oxygens (including phenoxy) is 1. The van der Waals surface area contributed by atoms with E-state index in [2.05, 4.69) is 60.4 Å². The minimum atomic E-state index is -0.696. The van der Waals surface area contributed by atoms with E-state index in [-0.39, 0.29) is 11.6 Å². The second-order valence-electron chi connectivity index (χ2n) is 10.5. The van der Waals surface area contributed by atoms with Crippen LogP contribution in [-0.2, 0) is 6.42 Å². The van der Waals surface area contributed by atoms with Gasteiger partial charge < -0.3 is 9.64 Å². The fraction of sp³-hybridized carbons (Fsp3) is 0.111. The predicted molar refractivity (Wildman–Crippen MR) is 168 cm³/mol. The summed E-state index contributed by atoms with van der Waals surface area (Å²) >= 11 is 1.61. The van der Waals surface area contributed by atoms with Gasteiger partial charge in [0.2, 0.25) is 0 Å². The maximum absolute atomic E-state index is 13.4. The molecule has 1 aliphatic carbocycles. The van der Waals surface area contributed by atoms with Crippen LogP contribution in [-0.4, -0.2) is 18.7 Å². The number of Topliss-reactive ketones (excluding diaryl/α,β-unsaturated/α-hetero) is 2. The van der Waals surface area contributed by atoms with Crippen LogP contribution in [0.15, 0.2) is 109 Å². The van der Waals surface area contributed by atoms with Crippen molar-refractivity contribution >= 4 is 60.8 Å². The van der Waals surface area contributed by atoms with Crippen molar-refractivity contribution in [3.63, 3.8) is 0 Å². The molecule has 1 aliphatic rings. The van der Waals surface area contributed by atoms with Crippen LogP contribution < -0.4 is 9.64 Å². The number of benzene rings is 5. The maximum Gasteiger partial charge on any atom is 0.174 e. The summed E-state index contributed by atoms with van der Waals surface area (Å²) in [5.74, 6) is -0.0912. The zero-order valence-corrected chi connectivity index (χ0v) is 23.6. The molecule has 0 N–H and O–H groups in total. The van der Waals surface area contributed by atoms with Gasteiger partial charge in [-0.3, -0.25) is 9.59 Å². The van der Waals surface area contributed by atoms with Gasteiger partial charge in [0.05, 0.1) is 24.4 Å². The van der Waals surface area contributed by atoms with E-state index in [1.165, 1.54) is 10.9 Å². The molecule has 0 aliphatic heterocycles. The lowest BCUT2D eigenvalue weighted by Gasteiger charge is -2.26. The van der Waals surface area contributed by atoms with Gasteiger partial charge in [-0.15, -0.1) is 11.3 Å². The second kappa shape index (κ2) is 10.0. The van der Waals surface area contributed by atoms with E-state index < -0.39 is 5.92 Å². The van der Waals surface area contributed by atoms with Gasteiger partial charge >= 0.3 is 0 Å². The van der Waals surface area contributed by atoms with E-state index in [1.807, 2.05) is 60.7 Å². The highest BCUT2D eigenvalue weighted by Gasteiger charge is 2.39. The molecule has 7 rings (SSSR count). The molecule has 41 heavy (non-hydrogen) atoms. The normalized spacial score (nSPS) is 13.2. The molecule has 6 aromatic rings. The number of anilines is 3. The van der Waals surface area contributed by atoms with Crippen LogP contribution in [0.5, 0.6) is 5.75 Å². The van der Waals surface area contributed by atoms with Gasteiger partial charge in [-0.1, -0.05) is 60.7 Å². The van der Waals surface area contributed by atoms with Crippen LogP contribution in [0.3, 0.4) is 0 Å². The Labute approximate surface area is 242 Å². The number of hydrogen-bond acceptors (Lipinski definition) is 5. The van der Waals surface area contributed by atoms with Gasteiger partial charge in [-0.05, 0) is 77.5 Å². The molecule has 0 bridgehead atoms.